The molecule has 0 unspecified atom stereocenters. The molecule has 0 aliphatic rings. The fourth-order valence-corrected chi connectivity index (χ4v) is 4.70. The number of carbonyl (C=O) groups is 2. The van der Waals surface area contributed by atoms with Gasteiger partial charge in [0.05, 0.1) is 29.9 Å². The number of likely N-dealkylation sites (N-methyl/N-ethyl adjacent to an activating group) is 1. The molecule has 2 aromatic carbocycles. The van der Waals surface area contributed by atoms with Gasteiger partial charge >= 0.3 is 0 Å². The minimum atomic E-state index is -0.391. The molecule has 0 aliphatic heterocycles. The smallest absolute Gasteiger partial charge is 0.251 e. The van der Waals surface area contributed by atoms with Crippen molar-refractivity contribution < 1.29 is 14.3 Å². The van der Waals surface area contributed by atoms with Crippen molar-refractivity contribution >= 4 is 11.8 Å². The number of nitriles is 1. The van der Waals surface area contributed by atoms with Gasteiger partial charge in [-0.15, -0.1) is 0 Å². The highest BCUT2D eigenvalue weighted by atomic mass is 16.5. The lowest BCUT2D eigenvalue weighted by Crippen LogP contribution is -2.46. The maximum atomic E-state index is 13.3. The lowest BCUT2D eigenvalue weighted by molar-refractivity contribution is -0.121. The molecule has 1 atom stereocenters. The number of carbonyl (C=O) groups excluding carboxylic acids is 2. The van der Waals surface area contributed by atoms with E-state index in [2.05, 4.69) is 42.0 Å². The van der Waals surface area contributed by atoms with Gasteiger partial charge in [-0.05, 0) is 58.1 Å². The van der Waals surface area contributed by atoms with Crippen molar-refractivity contribution in [1.82, 2.24) is 25.1 Å². The van der Waals surface area contributed by atoms with E-state index >= 15 is 0 Å². The lowest BCUT2D eigenvalue weighted by Gasteiger charge is -2.21. The number of nitrogens with zero attached hydrogens (tertiary/aromatic N) is 4. The van der Waals surface area contributed by atoms with E-state index in [0.717, 1.165) is 22.6 Å². The first kappa shape index (κ1) is 33.3. The van der Waals surface area contributed by atoms with Crippen LogP contribution in [0.15, 0.2) is 48.7 Å². The van der Waals surface area contributed by atoms with Crippen LogP contribution in [0.4, 0.5) is 0 Å². The van der Waals surface area contributed by atoms with E-state index in [0.29, 0.717) is 30.8 Å². The number of ether oxygens (including phenoxy) is 1. The summed E-state index contributed by atoms with van der Waals surface area (Å²) in [5.74, 6) is 0.946. The molecule has 230 valence electrons. The minimum Gasteiger partial charge on any atom is -0.490 e. The maximum Gasteiger partial charge on any atom is 0.251 e. The van der Waals surface area contributed by atoms with Gasteiger partial charge < -0.3 is 30.6 Å². The molecule has 0 radical (unpaired) electrons. The fraction of sp³-hybridized carbons (Fsp3) is 0.455. The van der Waals surface area contributed by atoms with E-state index in [-0.39, 0.29) is 42.0 Å². The standard InChI is InChI=1S/C33H45N7O3/c1-22(2)43-29-13-12-25(17-26(29)18-35)31(42)37-27(19-36-30(41)21-39(6)7)16-23-8-10-24(11-9-23)28-20-40(15-14-34)32(38-28)33(3,4)5/h8-13,17,20,22,27H,14-16,19,21,34H2,1-7H3,(H,36,41)(H,37,42)/t27-/m0/s1. The molecule has 0 bridgehead atoms. The first-order valence-corrected chi connectivity index (χ1v) is 14.6. The van der Waals surface area contributed by atoms with Crippen molar-refractivity contribution in [2.24, 2.45) is 5.73 Å². The molecule has 0 aliphatic carbocycles. The first-order chi connectivity index (χ1) is 20.3. The van der Waals surface area contributed by atoms with Gasteiger partial charge in [0, 0.05) is 42.4 Å². The third-order valence-electron chi connectivity index (χ3n) is 6.61. The molecule has 0 saturated carbocycles. The van der Waals surface area contributed by atoms with Gasteiger partial charge in [-0.3, -0.25) is 9.59 Å². The van der Waals surface area contributed by atoms with Crippen molar-refractivity contribution in [3.63, 3.8) is 0 Å². The van der Waals surface area contributed by atoms with Crippen LogP contribution in [-0.4, -0.2) is 72.1 Å². The van der Waals surface area contributed by atoms with Gasteiger partial charge in [0.25, 0.3) is 5.91 Å². The third kappa shape index (κ3) is 9.66. The van der Waals surface area contributed by atoms with Crippen molar-refractivity contribution in [3.05, 3.63) is 71.2 Å². The zero-order valence-corrected chi connectivity index (χ0v) is 26.4. The normalized spacial score (nSPS) is 12.2. The molecule has 1 aromatic heterocycles. The summed E-state index contributed by atoms with van der Waals surface area (Å²) in [7, 11) is 3.65. The van der Waals surface area contributed by atoms with Gasteiger partial charge in [-0.2, -0.15) is 5.26 Å². The topological polar surface area (TPSA) is 138 Å². The second-order valence-electron chi connectivity index (χ2n) is 12.3. The van der Waals surface area contributed by atoms with Crippen LogP contribution in [0, 0.1) is 11.3 Å². The number of rotatable bonds is 13. The van der Waals surface area contributed by atoms with E-state index in [1.165, 1.54) is 6.07 Å². The highest BCUT2D eigenvalue weighted by molar-refractivity contribution is 5.95. The Balaban J connectivity index is 1.81. The number of hydrogen-bond donors (Lipinski definition) is 3. The number of nitrogens with two attached hydrogens (primary N) is 1. The molecule has 1 heterocycles. The molecule has 0 saturated heterocycles. The van der Waals surface area contributed by atoms with Gasteiger partial charge in [0.2, 0.25) is 5.91 Å². The van der Waals surface area contributed by atoms with Crippen LogP contribution in [-0.2, 0) is 23.2 Å². The van der Waals surface area contributed by atoms with Gasteiger partial charge in [-0.25, -0.2) is 4.98 Å². The van der Waals surface area contributed by atoms with Gasteiger partial charge in [0.1, 0.15) is 17.6 Å². The Morgan fingerprint density at radius 1 is 1.14 bits per heavy atom. The first-order valence-electron chi connectivity index (χ1n) is 14.6. The molecule has 43 heavy (non-hydrogen) atoms. The molecular weight excluding hydrogens is 542 g/mol. The number of hydrogen-bond acceptors (Lipinski definition) is 7. The lowest BCUT2D eigenvalue weighted by atomic mass is 9.95. The molecular formula is C33H45N7O3. The van der Waals surface area contributed by atoms with Crippen molar-refractivity contribution in [3.8, 4) is 23.1 Å². The SMILES string of the molecule is CC(C)Oc1ccc(C(=O)N[C@H](CNC(=O)CN(C)C)Cc2ccc(-c3cn(CCN)c(C(C)(C)C)n3)cc2)cc1C#N. The van der Waals surface area contributed by atoms with Crippen molar-refractivity contribution in [1.29, 1.82) is 5.26 Å². The highest BCUT2D eigenvalue weighted by Crippen LogP contribution is 2.27. The minimum absolute atomic E-state index is 0.101. The Kier molecular flexibility index (Phi) is 11.5. The summed E-state index contributed by atoms with van der Waals surface area (Å²) in [6.07, 6.45) is 2.43. The Bertz CT molecular complexity index is 1430. The van der Waals surface area contributed by atoms with Crippen LogP contribution in [0.2, 0.25) is 0 Å². The summed E-state index contributed by atoms with van der Waals surface area (Å²) < 4.78 is 7.80. The molecule has 3 rings (SSSR count). The number of benzene rings is 2. The zero-order valence-electron chi connectivity index (χ0n) is 26.4. The molecule has 3 aromatic rings. The molecule has 4 N–H and O–H groups in total. The predicted octanol–water partition coefficient (Wildman–Crippen LogP) is 3.48. The molecule has 0 fully saturated rings. The van der Waals surface area contributed by atoms with Crippen LogP contribution in [0.25, 0.3) is 11.3 Å². The Hall–Kier alpha value is -4.20. The number of amides is 2. The molecule has 10 nitrogen and oxygen atoms in total. The van der Waals surface area contributed by atoms with Crippen LogP contribution >= 0.6 is 0 Å². The van der Waals surface area contributed by atoms with Crippen LogP contribution in [0.1, 0.15) is 61.9 Å². The largest absolute Gasteiger partial charge is 0.490 e. The third-order valence-corrected chi connectivity index (χ3v) is 6.61. The monoisotopic (exact) mass is 587 g/mol. The van der Waals surface area contributed by atoms with E-state index in [4.69, 9.17) is 15.5 Å². The van der Waals surface area contributed by atoms with Crippen molar-refractivity contribution in [2.75, 3.05) is 33.7 Å². The molecule has 10 heteroatoms. The van der Waals surface area contributed by atoms with E-state index in [9.17, 15) is 14.9 Å². The molecule has 0 spiro atoms. The summed E-state index contributed by atoms with van der Waals surface area (Å²) in [6, 6.07) is 14.6. The summed E-state index contributed by atoms with van der Waals surface area (Å²) in [5.41, 5.74) is 9.20. The highest BCUT2D eigenvalue weighted by Gasteiger charge is 2.22. The summed E-state index contributed by atoms with van der Waals surface area (Å²) in [4.78, 5) is 32.4. The summed E-state index contributed by atoms with van der Waals surface area (Å²) >= 11 is 0. The average molecular weight is 588 g/mol. The number of aromatic nitrogens is 2. The summed E-state index contributed by atoms with van der Waals surface area (Å²) in [5, 5.41) is 15.6. The van der Waals surface area contributed by atoms with Crippen molar-refractivity contribution in [2.45, 2.75) is 65.1 Å². The average Bonchev–Trinajstić information content (AvgIpc) is 3.36. The zero-order chi connectivity index (χ0) is 31.7. The van der Waals surface area contributed by atoms with Gasteiger partial charge in [0.15, 0.2) is 0 Å². The predicted molar refractivity (Wildman–Crippen MR) is 169 cm³/mol. The Morgan fingerprint density at radius 3 is 2.42 bits per heavy atom. The fourth-order valence-electron chi connectivity index (χ4n) is 4.70. The second kappa shape index (κ2) is 14.8. The van der Waals surface area contributed by atoms with E-state index in [1.54, 1.807) is 17.0 Å². The quantitative estimate of drug-likeness (QED) is 0.278. The summed E-state index contributed by atoms with van der Waals surface area (Å²) in [6.45, 7) is 11.9. The van der Waals surface area contributed by atoms with Gasteiger partial charge in [-0.1, -0.05) is 45.0 Å². The van der Waals surface area contributed by atoms with Crippen LogP contribution in [0.3, 0.4) is 0 Å². The van der Waals surface area contributed by atoms with Crippen LogP contribution in [0.5, 0.6) is 5.75 Å². The van der Waals surface area contributed by atoms with E-state index < -0.39 is 6.04 Å². The number of imidazole rings is 1. The Labute approximate surface area is 255 Å². The van der Waals surface area contributed by atoms with E-state index in [1.807, 2.05) is 58.4 Å². The second-order valence-corrected chi connectivity index (χ2v) is 12.3. The maximum absolute atomic E-state index is 13.3. The molecule has 2 amide bonds. The van der Waals surface area contributed by atoms with Crippen LogP contribution < -0.4 is 21.1 Å². The Morgan fingerprint density at radius 2 is 1.84 bits per heavy atom. The number of nitrogens with one attached hydrogen (secondary N) is 2.